The monoisotopic (exact) mass is 345 g/mol. The highest BCUT2D eigenvalue weighted by atomic mass is 15.1. The Bertz CT molecular complexity index is 400. The lowest BCUT2D eigenvalue weighted by molar-refractivity contribution is 0.608. The Labute approximate surface area is 158 Å². The van der Waals surface area contributed by atoms with E-state index in [1.807, 2.05) is 0 Å². The molecule has 1 aromatic carbocycles. The zero-order valence-corrected chi connectivity index (χ0v) is 17.4. The molecule has 25 heavy (non-hydrogen) atoms. The molecule has 0 aliphatic rings. The van der Waals surface area contributed by atoms with Gasteiger partial charge in [-0.15, -0.1) is 0 Å². The van der Waals surface area contributed by atoms with Crippen molar-refractivity contribution >= 4 is 5.69 Å². The van der Waals surface area contributed by atoms with Crippen molar-refractivity contribution in [2.24, 2.45) is 0 Å². The van der Waals surface area contributed by atoms with Crippen molar-refractivity contribution in [2.75, 3.05) is 18.0 Å². The quantitative estimate of drug-likeness (QED) is 0.276. The van der Waals surface area contributed by atoms with Gasteiger partial charge < -0.3 is 4.90 Å². The lowest BCUT2D eigenvalue weighted by Gasteiger charge is -2.25. The summed E-state index contributed by atoms with van der Waals surface area (Å²) in [6.07, 6.45) is 17.5. The topological polar surface area (TPSA) is 3.24 Å². The van der Waals surface area contributed by atoms with Crippen molar-refractivity contribution in [3.8, 4) is 0 Å². The Hall–Kier alpha value is -0.980. The molecular formula is C24H43N. The molecule has 1 nitrogen and oxygen atoms in total. The summed E-state index contributed by atoms with van der Waals surface area (Å²) in [7, 11) is 0. The number of anilines is 1. The van der Waals surface area contributed by atoms with Crippen LogP contribution in [0.4, 0.5) is 5.69 Å². The third kappa shape index (κ3) is 10.6. The van der Waals surface area contributed by atoms with Crippen LogP contribution in [-0.2, 0) is 6.42 Å². The van der Waals surface area contributed by atoms with E-state index in [9.17, 15) is 0 Å². The predicted molar refractivity (Wildman–Crippen MR) is 115 cm³/mol. The molecule has 1 rings (SSSR count). The standard InChI is InChI=1S/C24H43N/c1-4-7-10-13-17-23-18-16-19-24(22-23)25(20-14-11-8-5-2)21-15-12-9-6-3/h16,18-19,22H,4-15,17,20-21H2,1-3H3. The van der Waals surface area contributed by atoms with Crippen molar-refractivity contribution in [1.82, 2.24) is 0 Å². The SMILES string of the molecule is CCCCCCc1cccc(N(CCCCCC)CCCCCC)c1. The average molecular weight is 346 g/mol. The second-order valence-corrected chi connectivity index (χ2v) is 7.59. The van der Waals surface area contributed by atoms with Gasteiger partial charge in [-0.1, -0.05) is 90.7 Å². The minimum Gasteiger partial charge on any atom is -0.372 e. The first-order chi connectivity index (χ1) is 12.3. The van der Waals surface area contributed by atoms with Crippen LogP contribution in [-0.4, -0.2) is 13.1 Å². The van der Waals surface area contributed by atoms with E-state index in [0.717, 1.165) is 0 Å². The van der Waals surface area contributed by atoms with Gasteiger partial charge in [0, 0.05) is 18.8 Å². The van der Waals surface area contributed by atoms with E-state index < -0.39 is 0 Å². The Balaban J connectivity index is 2.57. The summed E-state index contributed by atoms with van der Waals surface area (Å²) in [5, 5.41) is 0. The Morgan fingerprint density at radius 1 is 0.640 bits per heavy atom. The first-order valence-electron chi connectivity index (χ1n) is 11.2. The number of aryl methyl sites for hydroxylation is 1. The third-order valence-electron chi connectivity index (χ3n) is 5.16. The number of hydrogen-bond acceptors (Lipinski definition) is 1. The highest BCUT2D eigenvalue weighted by Gasteiger charge is 2.07. The maximum Gasteiger partial charge on any atom is 0.0368 e. The number of rotatable bonds is 16. The van der Waals surface area contributed by atoms with Gasteiger partial charge in [0.1, 0.15) is 0 Å². The summed E-state index contributed by atoms with van der Waals surface area (Å²) in [4.78, 5) is 2.65. The minimum absolute atomic E-state index is 1.23. The van der Waals surface area contributed by atoms with Crippen molar-refractivity contribution in [2.45, 2.75) is 104 Å². The second kappa shape index (κ2) is 15.3. The zero-order valence-electron chi connectivity index (χ0n) is 17.4. The van der Waals surface area contributed by atoms with E-state index in [1.165, 1.54) is 108 Å². The first-order valence-corrected chi connectivity index (χ1v) is 11.2. The maximum absolute atomic E-state index is 2.65. The summed E-state index contributed by atoms with van der Waals surface area (Å²) in [6.45, 7) is 9.33. The van der Waals surface area contributed by atoms with Crippen LogP contribution in [0.2, 0.25) is 0 Å². The van der Waals surface area contributed by atoms with Crippen molar-refractivity contribution in [3.63, 3.8) is 0 Å². The molecule has 1 aromatic rings. The summed E-state index contributed by atoms with van der Waals surface area (Å²) in [5.74, 6) is 0. The van der Waals surface area contributed by atoms with E-state index in [4.69, 9.17) is 0 Å². The van der Waals surface area contributed by atoms with Crippen LogP contribution in [0, 0.1) is 0 Å². The highest BCUT2D eigenvalue weighted by Crippen LogP contribution is 2.20. The van der Waals surface area contributed by atoms with Crippen LogP contribution >= 0.6 is 0 Å². The number of hydrogen-bond donors (Lipinski definition) is 0. The lowest BCUT2D eigenvalue weighted by atomic mass is 10.0. The fraction of sp³-hybridized carbons (Fsp3) is 0.750. The molecule has 0 N–H and O–H groups in total. The molecule has 0 amide bonds. The maximum atomic E-state index is 2.65. The molecular weight excluding hydrogens is 302 g/mol. The van der Waals surface area contributed by atoms with Crippen LogP contribution in [0.15, 0.2) is 24.3 Å². The molecule has 0 bridgehead atoms. The van der Waals surface area contributed by atoms with Crippen LogP contribution in [0.3, 0.4) is 0 Å². The summed E-state index contributed by atoms with van der Waals surface area (Å²) in [6, 6.07) is 9.39. The number of nitrogens with zero attached hydrogens (tertiary/aromatic N) is 1. The van der Waals surface area contributed by atoms with Gasteiger partial charge in [0.25, 0.3) is 0 Å². The Morgan fingerprint density at radius 3 is 1.76 bits per heavy atom. The van der Waals surface area contributed by atoms with Gasteiger partial charge in [0.2, 0.25) is 0 Å². The molecule has 0 aromatic heterocycles. The molecule has 0 saturated carbocycles. The largest absolute Gasteiger partial charge is 0.372 e. The molecule has 1 heteroatoms. The summed E-state index contributed by atoms with van der Waals surface area (Å²) >= 11 is 0. The Kier molecular flexibility index (Phi) is 13.5. The molecule has 144 valence electrons. The molecule has 0 atom stereocenters. The number of unbranched alkanes of at least 4 members (excludes halogenated alkanes) is 9. The first kappa shape index (κ1) is 22.1. The fourth-order valence-electron chi connectivity index (χ4n) is 3.49. The van der Waals surface area contributed by atoms with Gasteiger partial charge in [-0.3, -0.25) is 0 Å². The normalized spacial score (nSPS) is 11.0. The van der Waals surface area contributed by atoms with Crippen molar-refractivity contribution in [3.05, 3.63) is 29.8 Å². The van der Waals surface area contributed by atoms with Crippen molar-refractivity contribution < 1.29 is 0 Å². The molecule has 0 aliphatic heterocycles. The smallest absolute Gasteiger partial charge is 0.0368 e. The molecule has 0 unspecified atom stereocenters. The van der Waals surface area contributed by atoms with Gasteiger partial charge in [0.15, 0.2) is 0 Å². The highest BCUT2D eigenvalue weighted by molar-refractivity contribution is 5.48. The number of benzene rings is 1. The molecule has 0 saturated heterocycles. The lowest BCUT2D eigenvalue weighted by Crippen LogP contribution is -2.25. The van der Waals surface area contributed by atoms with E-state index in [-0.39, 0.29) is 0 Å². The molecule has 0 aliphatic carbocycles. The summed E-state index contributed by atoms with van der Waals surface area (Å²) < 4.78 is 0. The second-order valence-electron chi connectivity index (χ2n) is 7.59. The molecule has 0 radical (unpaired) electrons. The van der Waals surface area contributed by atoms with E-state index in [1.54, 1.807) is 0 Å². The van der Waals surface area contributed by atoms with Gasteiger partial charge in [-0.05, 0) is 43.4 Å². The van der Waals surface area contributed by atoms with Crippen LogP contribution in [0.25, 0.3) is 0 Å². The van der Waals surface area contributed by atoms with Crippen LogP contribution in [0.5, 0.6) is 0 Å². The molecule has 0 fully saturated rings. The fourth-order valence-corrected chi connectivity index (χ4v) is 3.49. The molecule has 0 heterocycles. The van der Waals surface area contributed by atoms with E-state index in [2.05, 4.69) is 49.9 Å². The van der Waals surface area contributed by atoms with E-state index >= 15 is 0 Å². The minimum atomic E-state index is 1.23. The zero-order chi connectivity index (χ0) is 18.2. The Morgan fingerprint density at radius 2 is 1.20 bits per heavy atom. The van der Waals surface area contributed by atoms with E-state index in [0.29, 0.717) is 0 Å². The summed E-state index contributed by atoms with van der Waals surface area (Å²) in [5.41, 5.74) is 2.99. The van der Waals surface area contributed by atoms with Gasteiger partial charge >= 0.3 is 0 Å². The van der Waals surface area contributed by atoms with Crippen molar-refractivity contribution in [1.29, 1.82) is 0 Å². The van der Waals surface area contributed by atoms with Gasteiger partial charge in [0.05, 0.1) is 0 Å². The predicted octanol–water partition coefficient (Wildman–Crippen LogP) is 7.78. The van der Waals surface area contributed by atoms with Crippen LogP contribution < -0.4 is 4.90 Å². The van der Waals surface area contributed by atoms with Gasteiger partial charge in [-0.25, -0.2) is 0 Å². The molecule has 0 spiro atoms. The van der Waals surface area contributed by atoms with Gasteiger partial charge in [-0.2, -0.15) is 0 Å². The third-order valence-corrected chi connectivity index (χ3v) is 5.16. The average Bonchev–Trinajstić information content (AvgIpc) is 2.64. The van der Waals surface area contributed by atoms with Crippen LogP contribution in [0.1, 0.15) is 103 Å².